The third-order valence-corrected chi connectivity index (χ3v) is 6.66. The molecule has 0 aliphatic carbocycles. The zero-order valence-corrected chi connectivity index (χ0v) is 19.5. The van der Waals surface area contributed by atoms with Crippen molar-refractivity contribution in [2.45, 2.75) is 31.7 Å². The van der Waals surface area contributed by atoms with Gasteiger partial charge in [0, 0.05) is 72.4 Å². The van der Waals surface area contributed by atoms with Crippen molar-refractivity contribution < 1.29 is 4.79 Å². The number of likely N-dealkylation sites (tertiary alicyclic amines) is 1. The van der Waals surface area contributed by atoms with E-state index in [1.165, 1.54) is 5.56 Å². The molecule has 1 unspecified atom stereocenters. The fourth-order valence-electron chi connectivity index (χ4n) is 4.74. The topological polar surface area (TPSA) is 63.2 Å². The van der Waals surface area contributed by atoms with Gasteiger partial charge in [-0.1, -0.05) is 30.3 Å². The van der Waals surface area contributed by atoms with E-state index in [-0.39, 0.29) is 5.91 Å². The number of benzene rings is 1. The summed E-state index contributed by atoms with van der Waals surface area (Å²) in [5.41, 5.74) is 1.41. The number of hydrogen-bond donors (Lipinski definition) is 2. The summed E-state index contributed by atoms with van der Waals surface area (Å²) in [6.07, 6.45) is 3.84. The molecule has 1 atom stereocenters. The minimum Gasteiger partial charge on any atom is -0.359 e. The fraction of sp³-hybridized carbons (Fsp3) is 0.667. The first-order valence-corrected chi connectivity index (χ1v) is 11.7. The van der Waals surface area contributed by atoms with Crippen LogP contribution in [-0.4, -0.2) is 93.5 Å². The van der Waals surface area contributed by atoms with Crippen LogP contribution in [-0.2, 0) is 4.79 Å². The summed E-state index contributed by atoms with van der Waals surface area (Å²) in [5, 5.41) is 6.31. The summed E-state index contributed by atoms with van der Waals surface area (Å²) in [7, 11) is 5.80. The molecular weight excluding hydrogens is 388 g/mol. The summed E-state index contributed by atoms with van der Waals surface area (Å²) < 4.78 is 0. The van der Waals surface area contributed by atoms with Crippen molar-refractivity contribution in [3.05, 3.63) is 35.9 Å². The molecule has 172 valence electrons. The Hall–Kier alpha value is -2.12. The smallest absolute Gasteiger partial charge is 0.220 e. The largest absolute Gasteiger partial charge is 0.359 e. The van der Waals surface area contributed by atoms with Gasteiger partial charge >= 0.3 is 0 Å². The number of guanidine groups is 1. The first-order valence-electron chi connectivity index (χ1n) is 11.7. The normalized spacial score (nSPS) is 21.8. The number of amides is 1. The van der Waals surface area contributed by atoms with Crippen molar-refractivity contribution in [2.75, 3.05) is 67.0 Å². The average Bonchev–Trinajstić information content (AvgIpc) is 2.81. The quantitative estimate of drug-likeness (QED) is 0.394. The van der Waals surface area contributed by atoms with E-state index in [2.05, 4.69) is 67.7 Å². The minimum atomic E-state index is 0.152. The van der Waals surface area contributed by atoms with E-state index in [1.54, 1.807) is 7.05 Å². The van der Waals surface area contributed by atoms with Crippen molar-refractivity contribution in [3.63, 3.8) is 0 Å². The van der Waals surface area contributed by atoms with Gasteiger partial charge in [-0.25, -0.2) is 0 Å². The van der Waals surface area contributed by atoms with Crippen LogP contribution in [0.25, 0.3) is 0 Å². The lowest BCUT2D eigenvalue weighted by Crippen LogP contribution is -2.48. The van der Waals surface area contributed by atoms with Crippen LogP contribution in [0.2, 0.25) is 0 Å². The van der Waals surface area contributed by atoms with Crippen LogP contribution < -0.4 is 10.6 Å². The van der Waals surface area contributed by atoms with Gasteiger partial charge in [-0.15, -0.1) is 0 Å². The molecule has 0 radical (unpaired) electrons. The first-order chi connectivity index (χ1) is 15.1. The number of carbonyl (C=O) groups excluding carboxylic acids is 1. The highest BCUT2D eigenvalue weighted by Crippen LogP contribution is 2.25. The fourth-order valence-corrected chi connectivity index (χ4v) is 4.74. The van der Waals surface area contributed by atoms with E-state index >= 15 is 0 Å². The second kappa shape index (κ2) is 12.1. The Morgan fingerprint density at radius 3 is 2.55 bits per heavy atom. The van der Waals surface area contributed by atoms with Crippen molar-refractivity contribution >= 4 is 11.9 Å². The number of piperazine rings is 1. The number of aliphatic imine (C=N–C) groups is 1. The summed E-state index contributed by atoms with van der Waals surface area (Å²) in [4.78, 5) is 23.5. The first kappa shape index (κ1) is 23.5. The molecule has 2 N–H and O–H groups in total. The van der Waals surface area contributed by atoms with Crippen molar-refractivity contribution in [1.29, 1.82) is 0 Å². The van der Waals surface area contributed by atoms with Crippen LogP contribution in [0.3, 0.4) is 0 Å². The molecule has 0 saturated carbocycles. The van der Waals surface area contributed by atoms with Crippen molar-refractivity contribution in [2.24, 2.45) is 10.9 Å². The Kier molecular flexibility index (Phi) is 9.15. The van der Waals surface area contributed by atoms with Gasteiger partial charge < -0.3 is 20.4 Å². The average molecular weight is 429 g/mol. The molecule has 2 heterocycles. The van der Waals surface area contributed by atoms with Crippen LogP contribution in [0, 0.1) is 5.92 Å². The number of carbonyl (C=O) groups is 1. The predicted octanol–water partition coefficient (Wildman–Crippen LogP) is 1.79. The van der Waals surface area contributed by atoms with Crippen molar-refractivity contribution in [1.82, 2.24) is 25.3 Å². The Morgan fingerprint density at radius 1 is 1.13 bits per heavy atom. The highest BCUT2D eigenvalue weighted by molar-refractivity contribution is 5.80. The van der Waals surface area contributed by atoms with Crippen LogP contribution in [0.4, 0.5) is 0 Å². The second-order valence-electron chi connectivity index (χ2n) is 8.86. The highest BCUT2D eigenvalue weighted by atomic mass is 16.1. The van der Waals surface area contributed by atoms with Gasteiger partial charge in [-0.05, 0) is 37.8 Å². The molecule has 0 bridgehead atoms. The van der Waals surface area contributed by atoms with Gasteiger partial charge in [-0.3, -0.25) is 14.7 Å². The molecule has 2 saturated heterocycles. The number of piperidine rings is 1. The molecule has 2 fully saturated rings. The summed E-state index contributed by atoms with van der Waals surface area (Å²) in [6, 6.07) is 11.4. The van der Waals surface area contributed by atoms with Gasteiger partial charge in [0.05, 0.1) is 0 Å². The molecule has 7 heteroatoms. The third-order valence-electron chi connectivity index (χ3n) is 6.66. The molecule has 31 heavy (non-hydrogen) atoms. The van der Waals surface area contributed by atoms with E-state index in [0.717, 1.165) is 71.0 Å². The summed E-state index contributed by atoms with van der Waals surface area (Å²) in [6.45, 7) is 7.28. The van der Waals surface area contributed by atoms with E-state index in [0.29, 0.717) is 18.4 Å². The minimum absolute atomic E-state index is 0.152. The lowest BCUT2D eigenvalue weighted by atomic mass is 9.93. The Morgan fingerprint density at radius 2 is 1.87 bits per heavy atom. The number of nitrogens with one attached hydrogen (secondary N) is 2. The van der Waals surface area contributed by atoms with Gasteiger partial charge in [0.2, 0.25) is 5.91 Å². The maximum absolute atomic E-state index is 11.6. The molecule has 1 aromatic carbocycles. The van der Waals surface area contributed by atoms with Crippen LogP contribution in [0.5, 0.6) is 0 Å². The number of hydrogen-bond acceptors (Lipinski definition) is 4. The third kappa shape index (κ3) is 6.94. The standard InChI is InChI=1S/C24H40N6O/c1-25-23(31)18-20-10-14-30(15-11-20)24(26-2)27-12-7-13-29-17-16-28(3)19-22(29)21-8-5-4-6-9-21/h4-6,8-9,20,22H,7,10-19H2,1-3H3,(H,25,31)(H,26,27). The van der Waals surface area contributed by atoms with E-state index < -0.39 is 0 Å². The van der Waals surface area contributed by atoms with E-state index in [9.17, 15) is 4.79 Å². The van der Waals surface area contributed by atoms with Gasteiger partial charge in [-0.2, -0.15) is 0 Å². The molecule has 0 aromatic heterocycles. The van der Waals surface area contributed by atoms with Gasteiger partial charge in [0.15, 0.2) is 5.96 Å². The summed E-state index contributed by atoms with van der Waals surface area (Å²) >= 11 is 0. The lowest BCUT2D eigenvalue weighted by Gasteiger charge is -2.40. The molecule has 3 rings (SSSR count). The maximum atomic E-state index is 11.6. The Balaban J connectivity index is 1.42. The monoisotopic (exact) mass is 428 g/mol. The van der Waals surface area contributed by atoms with Gasteiger partial charge in [0.25, 0.3) is 0 Å². The Bertz CT molecular complexity index is 701. The molecule has 7 nitrogen and oxygen atoms in total. The van der Waals surface area contributed by atoms with Crippen LogP contribution in [0.15, 0.2) is 35.3 Å². The number of rotatable bonds is 7. The number of nitrogens with zero attached hydrogens (tertiary/aromatic N) is 4. The van der Waals surface area contributed by atoms with Crippen LogP contribution in [0.1, 0.15) is 37.3 Å². The van der Waals surface area contributed by atoms with Crippen LogP contribution >= 0.6 is 0 Å². The maximum Gasteiger partial charge on any atom is 0.220 e. The predicted molar refractivity (Wildman–Crippen MR) is 127 cm³/mol. The molecule has 2 aliphatic heterocycles. The SMILES string of the molecule is CN=C(NCCCN1CCN(C)CC1c1ccccc1)N1CCC(CC(=O)NC)CC1. The molecular formula is C24H40N6O. The van der Waals surface area contributed by atoms with Crippen molar-refractivity contribution in [3.8, 4) is 0 Å². The zero-order valence-electron chi connectivity index (χ0n) is 19.5. The molecule has 2 aliphatic rings. The highest BCUT2D eigenvalue weighted by Gasteiger charge is 2.26. The Labute approximate surface area is 187 Å². The van der Waals surface area contributed by atoms with E-state index in [4.69, 9.17) is 0 Å². The van der Waals surface area contributed by atoms with Gasteiger partial charge in [0.1, 0.15) is 0 Å². The molecule has 1 amide bonds. The molecule has 1 aromatic rings. The summed E-state index contributed by atoms with van der Waals surface area (Å²) in [5.74, 6) is 1.64. The molecule has 0 spiro atoms. The second-order valence-corrected chi connectivity index (χ2v) is 8.86. The number of likely N-dealkylation sites (N-methyl/N-ethyl adjacent to an activating group) is 1. The zero-order chi connectivity index (χ0) is 22.1. The lowest BCUT2D eigenvalue weighted by molar-refractivity contribution is -0.121. The van der Waals surface area contributed by atoms with E-state index in [1.807, 2.05) is 7.05 Å².